The van der Waals surface area contributed by atoms with Crippen LogP contribution in [0.1, 0.15) is 51.8 Å². The van der Waals surface area contributed by atoms with Gasteiger partial charge >= 0.3 is 0 Å². The van der Waals surface area contributed by atoms with Crippen LogP contribution in [-0.2, 0) is 16.6 Å². The highest BCUT2D eigenvalue weighted by Gasteiger charge is 2.29. The van der Waals surface area contributed by atoms with Gasteiger partial charge in [0.2, 0.25) is 0 Å². The third kappa shape index (κ3) is 5.06. The molecule has 21 heavy (non-hydrogen) atoms. The molecule has 1 rings (SSSR count). The second-order valence-corrected chi connectivity index (χ2v) is 8.51. The Morgan fingerprint density at radius 2 is 2.00 bits per heavy atom. The van der Waals surface area contributed by atoms with E-state index in [1.807, 2.05) is 26.8 Å². The summed E-state index contributed by atoms with van der Waals surface area (Å²) in [6, 6.07) is 3.70. The van der Waals surface area contributed by atoms with E-state index in [0.717, 1.165) is 37.2 Å². The molecule has 0 aliphatic rings. The quantitative estimate of drug-likeness (QED) is 0.714. The summed E-state index contributed by atoms with van der Waals surface area (Å²) in [5.74, 6) is 0. The van der Waals surface area contributed by atoms with Gasteiger partial charge in [0.05, 0.1) is 0 Å². The van der Waals surface area contributed by atoms with Crippen LogP contribution in [0.25, 0.3) is 0 Å². The molecule has 1 heterocycles. The number of rotatable bonds is 10. The first-order valence-corrected chi connectivity index (χ1v) is 10.0. The number of nitrogens with zero attached hydrogens (tertiary/aromatic N) is 1. The highest BCUT2D eigenvalue weighted by Crippen LogP contribution is 2.27. The maximum Gasteiger partial charge on any atom is 0.252 e. The molecular formula is C15H28N2O2S2. The third-order valence-electron chi connectivity index (χ3n) is 3.56. The molecule has 0 saturated carbocycles. The van der Waals surface area contributed by atoms with E-state index in [9.17, 15) is 8.42 Å². The van der Waals surface area contributed by atoms with Crippen molar-refractivity contribution in [3.8, 4) is 0 Å². The van der Waals surface area contributed by atoms with Gasteiger partial charge in [-0.05, 0) is 38.4 Å². The molecule has 0 aliphatic heterocycles. The van der Waals surface area contributed by atoms with Gasteiger partial charge in [-0.3, -0.25) is 0 Å². The molecule has 1 unspecified atom stereocenters. The zero-order chi connectivity index (χ0) is 15.9. The molecule has 0 radical (unpaired) electrons. The zero-order valence-corrected chi connectivity index (χ0v) is 15.2. The first-order valence-electron chi connectivity index (χ1n) is 7.78. The summed E-state index contributed by atoms with van der Waals surface area (Å²) in [6.45, 7) is 10.4. The van der Waals surface area contributed by atoms with Crippen molar-refractivity contribution in [2.24, 2.45) is 0 Å². The summed E-state index contributed by atoms with van der Waals surface area (Å²) in [5, 5.41) is 3.23. The third-order valence-corrected chi connectivity index (χ3v) is 7.13. The Balaban J connectivity index is 2.96. The molecule has 0 spiro atoms. The van der Waals surface area contributed by atoms with Gasteiger partial charge in [0.1, 0.15) is 4.21 Å². The topological polar surface area (TPSA) is 49.4 Å². The summed E-state index contributed by atoms with van der Waals surface area (Å²) in [6.07, 6.45) is 2.73. The van der Waals surface area contributed by atoms with Gasteiger partial charge in [-0.15, -0.1) is 11.3 Å². The van der Waals surface area contributed by atoms with E-state index >= 15 is 0 Å². The van der Waals surface area contributed by atoms with Crippen LogP contribution < -0.4 is 5.32 Å². The highest BCUT2D eigenvalue weighted by atomic mass is 32.2. The molecule has 1 aromatic heterocycles. The maximum absolute atomic E-state index is 12.8. The molecule has 122 valence electrons. The lowest BCUT2D eigenvalue weighted by molar-refractivity contribution is 0.325. The lowest BCUT2D eigenvalue weighted by atomic mass is 10.2. The van der Waals surface area contributed by atoms with Gasteiger partial charge in [-0.25, -0.2) is 8.42 Å². The van der Waals surface area contributed by atoms with Crippen molar-refractivity contribution in [1.82, 2.24) is 9.62 Å². The summed E-state index contributed by atoms with van der Waals surface area (Å²) in [7, 11) is -3.36. The Morgan fingerprint density at radius 1 is 1.29 bits per heavy atom. The number of thiophene rings is 1. The van der Waals surface area contributed by atoms with E-state index in [1.54, 1.807) is 10.4 Å². The molecule has 0 saturated heterocycles. The molecule has 1 N–H and O–H groups in total. The van der Waals surface area contributed by atoms with E-state index in [1.165, 1.54) is 11.3 Å². The van der Waals surface area contributed by atoms with E-state index < -0.39 is 10.0 Å². The fourth-order valence-corrected chi connectivity index (χ4v) is 5.25. The highest BCUT2D eigenvalue weighted by molar-refractivity contribution is 7.91. The number of hydrogen-bond donors (Lipinski definition) is 1. The fourth-order valence-electron chi connectivity index (χ4n) is 2.05. The second-order valence-electron chi connectivity index (χ2n) is 5.23. The van der Waals surface area contributed by atoms with Crippen molar-refractivity contribution in [2.75, 3.05) is 13.1 Å². The molecule has 1 atom stereocenters. The molecule has 4 nitrogen and oxygen atoms in total. The predicted molar refractivity (Wildman–Crippen MR) is 90.3 cm³/mol. The van der Waals surface area contributed by atoms with Crippen molar-refractivity contribution in [1.29, 1.82) is 0 Å². The van der Waals surface area contributed by atoms with Crippen LogP contribution in [0.2, 0.25) is 0 Å². The Kier molecular flexibility index (Phi) is 7.87. The molecular weight excluding hydrogens is 304 g/mol. The second kappa shape index (κ2) is 8.88. The van der Waals surface area contributed by atoms with Gasteiger partial charge in [0, 0.05) is 24.0 Å². The van der Waals surface area contributed by atoms with Crippen molar-refractivity contribution in [3.05, 3.63) is 17.0 Å². The molecule has 6 heteroatoms. The van der Waals surface area contributed by atoms with Gasteiger partial charge in [-0.1, -0.05) is 27.2 Å². The van der Waals surface area contributed by atoms with Gasteiger partial charge < -0.3 is 5.32 Å². The van der Waals surface area contributed by atoms with Crippen LogP contribution in [0.15, 0.2) is 16.3 Å². The molecule has 0 amide bonds. The van der Waals surface area contributed by atoms with Crippen LogP contribution in [0.4, 0.5) is 0 Å². The minimum absolute atomic E-state index is 0.0425. The van der Waals surface area contributed by atoms with E-state index in [0.29, 0.717) is 10.8 Å². The number of nitrogens with one attached hydrogen (secondary N) is 1. The molecule has 0 aromatic carbocycles. The summed E-state index contributed by atoms with van der Waals surface area (Å²) < 4.78 is 27.8. The lowest BCUT2D eigenvalue weighted by Gasteiger charge is -2.26. The lowest BCUT2D eigenvalue weighted by Crippen LogP contribution is -2.38. The van der Waals surface area contributed by atoms with Crippen molar-refractivity contribution >= 4 is 21.4 Å². The van der Waals surface area contributed by atoms with Crippen molar-refractivity contribution < 1.29 is 8.42 Å². The number of sulfonamides is 1. The standard InChI is InChI=1S/C15H28N2O2S2/c1-5-8-11-17(13(4)6-2)21(18,19)15-10-9-14(20-15)12-16-7-3/h9-10,13,16H,5-8,11-12H2,1-4H3. The summed E-state index contributed by atoms with van der Waals surface area (Å²) in [4.78, 5) is 1.06. The average molecular weight is 333 g/mol. The minimum Gasteiger partial charge on any atom is -0.312 e. The van der Waals surface area contributed by atoms with Gasteiger partial charge in [0.15, 0.2) is 0 Å². The minimum atomic E-state index is -3.36. The Morgan fingerprint density at radius 3 is 2.57 bits per heavy atom. The number of hydrogen-bond acceptors (Lipinski definition) is 4. The monoisotopic (exact) mass is 332 g/mol. The normalized spacial score (nSPS) is 13.8. The van der Waals surface area contributed by atoms with Gasteiger partial charge in [0.25, 0.3) is 10.0 Å². The Labute approximate surface area is 133 Å². The number of unbranched alkanes of at least 4 members (excludes halogenated alkanes) is 1. The van der Waals surface area contributed by atoms with E-state index in [4.69, 9.17) is 0 Å². The van der Waals surface area contributed by atoms with Crippen molar-refractivity contribution in [2.45, 2.75) is 63.8 Å². The molecule has 0 aliphatic carbocycles. The average Bonchev–Trinajstić information content (AvgIpc) is 2.94. The molecule has 0 fully saturated rings. The molecule has 1 aromatic rings. The zero-order valence-electron chi connectivity index (χ0n) is 13.6. The first kappa shape index (κ1) is 18.6. The van der Waals surface area contributed by atoms with Crippen LogP contribution in [0, 0.1) is 0 Å². The van der Waals surface area contributed by atoms with Crippen LogP contribution in [0.3, 0.4) is 0 Å². The fraction of sp³-hybridized carbons (Fsp3) is 0.733. The Hall–Kier alpha value is -0.430. The molecule has 0 bridgehead atoms. The maximum atomic E-state index is 12.8. The summed E-state index contributed by atoms with van der Waals surface area (Å²) >= 11 is 1.38. The predicted octanol–water partition coefficient (Wildman–Crippen LogP) is 3.45. The van der Waals surface area contributed by atoms with Gasteiger partial charge in [-0.2, -0.15) is 4.31 Å². The summed E-state index contributed by atoms with van der Waals surface area (Å²) in [5.41, 5.74) is 0. The van der Waals surface area contributed by atoms with Crippen molar-refractivity contribution in [3.63, 3.8) is 0 Å². The Bertz CT molecular complexity index is 511. The van der Waals surface area contributed by atoms with Crippen LogP contribution >= 0.6 is 11.3 Å². The largest absolute Gasteiger partial charge is 0.312 e. The van der Waals surface area contributed by atoms with E-state index in [2.05, 4.69) is 12.2 Å². The SMILES string of the molecule is CCCCN(C(C)CC)S(=O)(=O)c1ccc(CNCC)s1. The smallest absolute Gasteiger partial charge is 0.252 e. The first-order chi connectivity index (χ1) is 9.97. The van der Waals surface area contributed by atoms with Crippen LogP contribution in [-0.4, -0.2) is 31.9 Å². The van der Waals surface area contributed by atoms with E-state index in [-0.39, 0.29) is 6.04 Å². The van der Waals surface area contributed by atoms with Crippen LogP contribution in [0.5, 0.6) is 0 Å².